The number of nitrogens with zero attached hydrogens (tertiary/aromatic N) is 2. The second-order valence-corrected chi connectivity index (χ2v) is 5.94. The molecule has 24 heavy (non-hydrogen) atoms. The average Bonchev–Trinajstić information content (AvgIpc) is 3.15. The second kappa shape index (κ2) is 6.37. The van der Waals surface area contributed by atoms with Gasteiger partial charge in [0.2, 0.25) is 6.79 Å². The van der Waals surface area contributed by atoms with Gasteiger partial charge in [-0.2, -0.15) is 0 Å². The van der Waals surface area contributed by atoms with Crippen molar-refractivity contribution in [2.24, 2.45) is 0 Å². The van der Waals surface area contributed by atoms with E-state index in [4.69, 9.17) is 9.47 Å². The first-order chi connectivity index (χ1) is 11.2. The molecule has 6 nitrogen and oxygen atoms in total. The van der Waals surface area contributed by atoms with Gasteiger partial charge < -0.3 is 9.47 Å². The molecule has 7 heteroatoms. The fourth-order valence-electron chi connectivity index (χ4n) is 2.43. The van der Waals surface area contributed by atoms with Crippen molar-refractivity contribution < 1.29 is 9.47 Å². The summed E-state index contributed by atoms with van der Waals surface area (Å²) in [4.78, 5) is 24.4. The molecule has 0 aliphatic carbocycles. The molecule has 2 aromatic carbocycles. The quantitative estimate of drug-likeness (QED) is 0.732. The van der Waals surface area contributed by atoms with Crippen molar-refractivity contribution in [2.75, 3.05) is 6.79 Å². The molecule has 0 N–H and O–H groups in total. The lowest BCUT2D eigenvalue weighted by Crippen LogP contribution is -2.28. The topological polar surface area (TPSA) is 62.5 Å². The van der Waals surface area contributed by atoms with Crippen LogP contribution in [-0.2, 0) is 6.54 Å². The Labute approximate surface area is 142 Å². The standard InChI is InChI=1S/C16H12N2O4S.CH4/c19-15-17(9-11-4-2-1-3-5-11)16(20)23-18(15)12-6-7-13-14(8-12)22-10-21-13;/h1-8H,9-10H2;1H4. The first kappa shape index (κ1) is 16.1. The minimum Gasteiger partial charge on any atom is -0.454 e. The molecule has 4 rings (SSSR count). The lowest BCUT2D eigenvalue weighted by Gasteiger charge is -2.02. The van der Waals surface area contributed by atoms with Crippen LogP contribution in [0.15, 0.2) is 58.1 Å². The van der Waals surface area contributed by atoms with E-state index in [0.717, 1.165) is 17.1 Å². The van der Waals surface area contributed by atoms with Crippen molar-refractivity contribution in [3.63, 3.8) is 0 Å². The van der Waals surface area contributed by atoms with Gasteiger partial charge in [0.25, 0.3) is 0 Å². The Hall–Kier alpha value is -2.80. The highest BCUT2D eigenvalue weighted by Gasteiger charge is 2.17. The van der Waals surface area contributed by atoms with Crippen LogP contribution in [0, 0.1) is 0 Å². The van der Waals surface area contributed by atoms with E-state index in [1.54, 1.807) is 18.2 Å². The van der Waals surface area contributed by atoms with Gasteiger partial charge in [-0.05, 0) is 17.7 Å². The molecule has 0 bridgehead atoms. The summed E-state index contributed by atoms with van der Waals surface area (Å²) in [5, 5.41) is 0. The van der Waals surface area contributed by atoms with E-state index >= 15 is 0 Å². The summed E-state index contributed by atoms with van der Waals surface area (Å²) in [6.07, 6.45) is 0. The van der Waals surface area contributed by atoms with Crippen molar-refractivity contribution in [1.82, 2.24) is 8.52 Å². The third kappa shape index (κ3) is 2.74. The zero-order valence-corrected chi connectivity index (χ0v) is 12.8. The summed E-state index contributed by atoms with van der Waals surface area (Å²) in [5.74, 6) is 1.21. The molecule has 0 spiro atoms. The molecule has 1 aliphatic heterocycles. The highest BCUT2D eigenvalue weighted by molar-refractivity contribution is 7.03. The van der Waals surface area contributed by atoms with E-state index in [0.29, 0.717) is 17.2 Å². The monoisotopic (exact) mass is 344 g/mol. The maximum absolute atomic E-state index is 12.6. The van der Waals surface area contributed by atoms with Gasteiger partial charge in [-0.25, -0.2) is 13.3 Å². The molecule has 0 atom stereocenters. The zero-order valence-electron chi connectivity index (χ0n) is 12.0. The molecule has 0 saturated heterocycles. The van der Waals surface area contributed by atoms with Crippen molar-refractivity contribution in [3.05, 3.63) is 74.2 Å². The van der Waals surface area contributed by atoms with Gasteiger partial charge in [-0.15, -0.1) is 0 Å². The minimum atomic E-state index is -0.359. The van der Waals surface area contributed by atoms with Crippen molar-refractivity contribution in [3.8, 4) is 17.2 Å². The van der Waals surface area contributed by atoms with E-state index in [9.17, 15) is 9.59 Å². The van der Waals surface area contributed by atoms with Crippen LogP contribution < -0.4 is 20.0 Å². The summed E-state index contributed by atoms with van der Waals surface area (Å²) < 4.78 is 13.2. The van der Waals surface area contributed by atoms with Crippen LogP contribution >= 0.6 is 11.5 Å². The van der Waals surface area contributed by atoms with Gasteiger partial charge in [-0.1, -0.05) is 37.8 Å². The molecule has 1 aliphatic rings. The maximum atomic E-state index is 12.6. The Bertz CT molecular complexity index is 972. The normalized spacial score (nSPS) is 12.0. The molecular formula is C17H16N2O4S. The number of benzene rings is 2. The van der Waals surface area contributed by atoms with Crippen LogP contribution in [0.25, 0.3) is 5.69 Å². The Morgan fingerprint density at radius 3 is 2.54 bits per heavy atom. The van der Waals surface area contributed by atoms with Gasteiger partial charge in [0.1, 0.15) is 0 Å². The SMILES string of the molecule is C.O=c1sn(-c2ccc3c(c2)OCO3)c(=O)n1Cc1ccccc1. The van der Waals surface area contributed by atoms with E-state index in [2.05, 4.69) is 0 Å². The number of rotatable bonds is 3. The molecule has 0 radical (unpaired) electrons. The maximum Gasteiger partial charge on any atom is 0.346 e. The molecule has 0 amide bonds. The van der Waals surface area contributed by atoms with Crippen LogP contribution in [0.2, 0.25) is 0 Å². The molecule has 0 unspecified atom stereocenters. The van der Waals surface area contributed by atoms with Crippen molar-refractivity contribution in [1.29, 1.82) is 0 Å². The third-order valence-electron chi connectivity index (χ3n) is 3.57. The number of hydrogen-bond acceptors (Lipinski definition) is 5. The van der Waals surface area contributed by atoms with Crippen LogP contribution in [-0.4, -0.2) is 15.3 Å². The molecule has 2 heterocycles. The number of hydrogen-bond donors (Lipinski definition) is 0. The number of aromatic nitrogens is 2. The lowest BCUT2D eigenvalue weighted by atomic mass is 10.2. The Morgan fingerprint density at radius 2 is 1.75 bits per heavy atom. The molecular weight excluding hydrogens is 328 g/mol. The number of fused-ring (bicyclic) bond motifs is 1. The molecule has 3 aromatic rings. The van der Waals surface area contributed by atoms with Crippen LogP contribution in [0.1, 0.15) is 13.0 Å². The summed E-state index contributed by atoms with van der Waals surface area (Å²) in [6.45, 7) is 0.422. The van der Waals surface area contributed by atoms with E-state index in [1.807, 2.05) is 30.3 Å². The summed E-state index contributed by atoms with van der Waals surface area (Å²) in [6, 6.07) is 14.6. The molecule has 0 saturated carbocycles. The highest BCUT2D eigenvalue weighted by atomic mass is 32.1. The van der Waals surface area contributed by atoms with Crippen molar-refractivity contribution >= 4 is 11.5 Å². The fourth-order valence-corrected chi connectivity index (χ4v) is 3.22. The van der Waals surface area contributed by atoms with E-state index < -0.39 is 0 Å². The van der Waals surface area contributed by atoms with Gasteiger partial charge >= 0.3 is 10.6 Å². The van der Waals surface area contributed by atoms with Crippen molar-refractivity contribution in [2.45, 2.75) is 14.0 Å². The van der Waals surface area contributed by atoms with Crippen LogP contribution in [0.3, 0.4) is 0 Å². The largest absolute Gasteiger partial charge is 0.454 e. The minimum absolute atomic E-state index is 0. The lowest BCUT2D eigenvalue weighted by molar-refractivity contribution is 0.174. The van der Waals surface area contributed by atoms with Gasteiger partial charge in [-0.3, -0.25) is 4.79 Å². The van der Waals surface area contributed by atoms with Gasteiger partial charge in [0, 0.05) is 17.6 Å². The second-order valence-electron chi connectivity index (χ2n) is 5.04. The fraction of sp³-hybridized carbons (Fsp3) is 0.176. The van der Waals surface area contributed by atoms with Crippen LogP contribution in [0.4, 0.5) is 0 Å². The molecule has 1 aromatic heterocycles. The molecule has 0 fully saturated rings. The predicted molar refractivity (Wildman–Crippen MR) is 92.6 cm³/mol. The van der Waals surface area contributed by atoms with Gasteiger partial charge in [0.05, 0.1) is 12.2 Å². The summed E-state index contributed by atoms with van der Waals surface area (Å²) in [5.41, 5.74) is 1.14. The Kier molecular flexibility index (Phi) is 4.26. The Morgan fingerprint density at radius 1 is 1.00 bits per heavy atom. The Balaban J connectivity index is 0.00000169. The smallest absolute Gasteiger partial charge is 0.346 e. The zero-order chi connectivity index (χ0) is 15.8. The number of ether oxygens (including phenoxy) is 2. The first-order valence-electron chi connectivity index (χ1n) is 6.99. The summed E-state index contributed by atoms with van der Waals surface area (Å²) in [7, 11) is 0. The van der Waals surface area contributed by atoms with Gasteiger partial charge in [0.15, 0.2) is 11.5 Å². The predicted octanol–water partition coefficient (Wildman–Crippen LogP) is 2.47. The third-order valence-corrected chi connectivity index (χ3v) is 4.49. The van der Waals surface area contributed by atoms with Crippen LogP contribution in [0.5, 0.6) is 11.5 Å². The highest BCUT2D eigenvalue weighted by Crippen LogP contribution is 2.33. The molecule has 124 valence electrons. The summed E-state index contributed by atoms with van der Waals surface area (Å²) >= 11 is 0.874. The van der Waals surface area contributed by atoms with E-state index in [-0.39, 0.29) is 31.3 Å². The first-order valence-corrected chi connectivity index (χ1v) is 7.77. The van der Waals surface area contributed by atoms with E-state index in [1.165, 1.54) is 8.52 Å². The average molecular weight is 344 g/mol.